The number of aromatic nitrogens is 2. The average molecular weight is 461 g/mol. The molecule has 6 nitrogen and oxygen atoms in total. The number of carbonyl (C=O) groups excluding carboxylic acids is 1. The summed E-state index contributed by atoms with van der Waals surface area (Å²) in [5.41, 5.74) is 1.38. The summed E-state index contributed by atoms with van der Waals surface area (Å²) in [6.45, 7) is 1.61. The lowest BCUT2D eigenvalue weighted by Gasteiger charge is -2.00. The van der Waals surface area contributed by atoms with E-state index in [0.29, 0.717) is 5.56 Å². The summed E-state index contributed by atoms with van der Waals surface area (Å²) in [6.07, 6.45) is 9.88. The molecule has 2 aromatic rings. The van der Waals surface area contributed by atoms with Crippen LogP contribution in [0.2, 0.25) is 0 Å². The quantitative estimate of drug-likeness (QED) is 0.154. The smallest absolute Gasteiger partial charge is 0.343 e. The molecular formula is C16H19Br2N3O3. The van der Waals surface area contributed by atoms with E-state index in [1.165, 1.54) is 13.3 Å². The lowest BCUT2D eigenvalue weighted by atomic mass is 10.2. The van der Waals surface area contributed by atoms with Gasteiger partial charge in [-0.25, -0.2) is 13.9 Å². The van der Waals surface area contributed by atoms with Crippen LogP contribution in [0.25, 0.3) is 0 Å². The number of esters is 1. The molecule has 0 aliphatic carbocycles. The molecule has 0 unspecified atom stereocenters. The SMILES string of the molecule is COC(=O)c1ccc[n+](CCC[n+]2cccc(/C=N/O)c2)c1.[Br-].[Br-]. The standard InChI is InChI=1S/C16H18N3O3.2BrH/c1-22-16(20)15-6-3-8-19(13-15)10-4-9-18-7-2-5-14(12-18)11-17-21;;/h2-3,5-8,11-13H,4,9-10H2,1H3;2*1H/q+1;;/p-1/b17-11+;;. The summed E-state index contributed by atoms with van der Waals surface area (Å²) in [5, 5.41) is 11.6. The fourth-order valence-corrected chi connectivity index (χ4v) is 2.16. The van der Waals surface area contributed by atoms with E-state index in [0.717, 1.165) is 25.1 Å². The Labute approximate surface area is 161 Å². The lowest BCUT2D eigenvalue weighted by molar-refractivity contribution is -0.727. The van der Waals surface area contributed by atoms with Gasteiger partial charge in [0.15, 0.2) is 37.9 Å². The van der Waals surface area contributed by atoms with Crippen molar-refractivity contribution >= 4 is 12.2 Å². The minimum atomic E-state index is -0.334. The van der Waals surface area contributed by atoms with E-state index in [2.05, 4.69) is 5.16 Å². The molecule has 2 rings (SSSR count). The van der Waals surface area contributed by atoms with Crippen molar-refractivity contribution < 1.29 is 57.8 Å². The molecule has 2 aromatic heterocycles. The number of carbonyl (C=O) groups is 1. The van der Waals surface area contributed by atoms with Crippen LogP contribution in [0, 0.1) is 0 Å². The molecule has 2 heterocycles. The number of hydrogen-bond donors (Lipinski definition) is 1. The molecule has 0 radical (unpaired) electrons. The molecule has 1 N–H and O–H groups in total. The molecule has 0 atom stereocenters. The van der Waals surface area contributed by atoms with Crippen LogP contribution < -0.4 is 43.1 Å². The average Bonchev–Trinajstić information content (AvgIpc) is 2.55. The van der Waals surface area contributed by atoms with E-state index in [-0.39, 0.29) is 39.9 Å². The maximum Gasteiger partial charge on any atom is 0.343 e. The molecule has 0 aliphatic rings. The first-order chi connectivity index (χ1) is 10.7. The van der Waals surface area contributed by atoms with Gasteiger partial charge in [0.25, 0.3) is 0 Å². The number of hydrogen-bond acceptors (Lipinski definition) is 4. The maximum absolute atomic E-state index is 11.5. The first kappa shape index (κ1) is 22.2. The van der Waals surface area contributed by atoms with Gasteiger partial charge in [-0.1, -0.05) is 5.16 Å². The number of nitrogens with zero attached hydrogens (tertiary/aromatic N) is 3. The first-order valence-electron chi connectivity index (χ1n) is 6.97. The Kier molecular flexibility index (Phi) is 10.8. The van der Waals surface area contributed by atoms with Crippen molar-refractivity contribution in [3.05, 3.63) is 60.2 Å². The van der Waals surface area contributed by atoms with E-state index in [1.807, 2.05) is 45.9 Å². The Balaban J connectivity index is 0.00000264. The monoisotopic (exact) mass is 459 g/mol. The van der Waals surface area contributed by atoms with Gasteiger partial charge in [-0.2, -0.15) is 0 Å². The predicted octanol–water partition coefficient (Wildman–Crippen LogP) is -5.05. The number of ether oxygens (including phenoxy) is 1. The Bertz CT molecular complexity index is 681. The van der Waals surface area contributed by atoms with Crippen LogP contribution in [-0.2, 0) is 17.8 Å². The van der Waals surface area contributed by atoms with Crippen LogP contribution in [-0.4, -0.2) is 24.5 Å². The molecule has 0 bridgehead atoms. The molecule has 8 heteroatoms. The molecule has 0 aromatic carbocycles. The van der Waals surface area contributed by atoms with Gasteiger partial charge in [-0.05, 0) is 12.1 Å². The van der Waals surface area contributed by atoms with Crippen LogP contribution in [0.3, 0.4) is 0 Å². The molecule has 0 saturated heterocycles. The lowest BCUT2D eigenvalue weighted by Crippen LogP contribution is -3.00. The van der Waals surface area contributed by atoms with Crippen molar-refractivity contribution in [2.45, 2.75) is 19.5 Å². The van der Waals surface area contributed by atoms with Crippen molar-refractivity contribution in [3.8, 4) is 0 Å². The number of rotatable bonds is 6. The van der Waals surface area contributed by atoms with Gasteiger partial charge < -0.3 is 43.9 Å². The van der Waals surface area contributed by atoms with Gasteiger partial charge >= 0.3 is 5.97 Å². The van der Waals surface area contributed by atoms with Crippen LogP contribution >= 0.6 is 0 Å². The molecule has 0 fully saturated rings. The second-order valence-electron chi connectivity index (χ2n) is 4.80. The highest BCUT2D eigenvalue weighted by Gasteiger charge is 2.11. The summed E-state index contributed by atoms with van der Waals surface area (Å²) in [7, 11) is 1.37. The highest BCUT2D eigenvalue weighted by Crippen LogP contribution is 1.97. The molecule has 0 aliphatic heterocycles. The van der Waals surface area contributed by atoms with Crippen molar-refractivity contribution in [1.82, 2.24) is 0 Å². The Hall–Kier alpha value is -1.80. The minimum Gasteiger partial charge on any atom is -1.00 e. The van der Waals surface area contributed by atoms with Crippen molar-refractivity contribution in [2.75, 3.05) is 7.11 Å². The Morgan fingerprint density at radius 3 is 2.42 bits per heavy atom. The second kappa shape index (κ2) is 11.7. The molecule has 130 valence electrons. The number of oxime groups is 1. The van der Waals surface area contributed by atoms with Gasteiger partial charge in [-0.15, -0.1) is 0 Å². The van der Waals surface area contributed by atoms with E-state index < -0.39 is 0 Å². The van der Waals surface area contributed by atoms with E-state index in [1.54, 1.807) is 12.3 Å². The summed E-state index contributed by atoms with van der Waals surface area (Å²) >= 11 is 0. The molecule has 0 amide bonds. The molecule has 0 saturated carbocycles. The van der Waals surface area contributed by atoms with E-state index >= 15 is 0 Å². The molecule has 24 heavy (non-hydrogen) atoms. The first-order valence-corrected chi connectivity index (χ1v) is 6.97. The van der Waals surface area contributed by atoms with Crippen LogP contribution in [0.1, 0.15) is 22.3 Å². The van der Waals surface area contributed by atoms with E-state index in [9.17, 15) is 4.79 Å². The van der Waals surface area contributed by atoms with Gasteiger partial charge in [0, 0.05) is 12.1 Å². The van der Waals surface area contributed by atoms with Gasteiger partial charge in [-0.3, -0.25) is 0 Å². The zero-order valence-corrected chi connectivity index (χ0v) is 16.4. The number of halogens is 2. The highest BCUT2D eigenvalue weighted by atomic mass is 79.9. The van der Waals surface area contributed by atoms with Gasteiger partial charge in [0.2, 0.25) is 0 Å². The Morgan fingerprint density at radius 1 is 1.17 bits per heavy atom. The van der Waals surface area contributed by atoms with Crippen LogP contribution in [0.5, 0.6) is 0 Å². The van der Waals surface area contributed by atoms with Crippen molar-refractivity contribution in [2.24, 2.45) is 5.16 Å². The highest BCUT2D eigenvalue weighted by molar-refractivity contribution is 5.88. The summed E-state index contributed by atoms with van der Waals surface area (Å²) in [4.78, 5) is 11.5. The topological polar surface area (TPSA) is 66.7 Å². The van der Waals surface area contributed by atoms with Crippen LogP contribution in [0.4, 0.5) is 0 Å². The third-order valence-corrected chi connectivity index (χ3v) is 3.20. The zero-order chi connectivity index (χ0) is 15.8. The number of aryl methyl sites for hydroxylation is 2. The second-order valence-corrected chi connectivity index (χ2v) is 4.80. The summed E-state index contributed by atoms with van der Waals surface area (Å²) in [5.74, 6) is -0.334. The van der Waals surface area contributed by atoms with Gasteiger partial charge in [0.05, 0.1) is 25.3 Å². The fourth-order valence-electron chi connectivity index (χ4n) is 2.16. The number of methoxy groups -OCH3 is 1. The summed E-state index contributed by atoms with van der Waals surface area (Å²) < 4.78 is 8.71. The Morgan fingerprint density at radius 2 is 1.79 bits per heavy atom. The predicted molar refractivity (Wildman–Crippen MR) is 78.6 cm³/mol. The third-order valence-electron chi connectivity index (χ3n) is 3.20. The third kappa shape index (κ3) is 6.76. The van der Waals surface area contributed by atoms with E-state index in [4.69, 9.17) is 9.94 Å². The largest absolute Gasteiger partial charge is 1.00 e. The van der Waals surface area contributed by atoms with Gasteiger partial charge in [0.1, 0.15) is 5.56 Å². The van der Waals surface area contributed by atoms with Crippen LogP contribution in [0.15, 0.2) is 54.2 Å². The maximum atomic E-state index is 11.5. The normalized spacial score (nSPS) is 9.88. The molecule has 0 spiro atoms. The minimum absolute atomic E-state index is 0. The van der Waals surface area contributed by atoms with Crippen molar-refractivity contribution in [3.63, 3.8) is 0 Å². The number of pyridine rings is 2. The molecular weight excluding hydrogens is 442 g/mol. The fraction of sp³-hybridized carbons (Fsp3) is 0.250. The van der Waals surface area contributed by atoms with Crippen molar-refractivity contribution in [1.29, 1.82) is 0 Å². The zero-order valence-electron chi connectivity index (χ0n) is 13.2. The summed E-state index contributed by atoms with van der Waals surface area (Å²) in [6, 6.07) is 7.33.